The monoisotopic (exact) mass is 302 g/mol. The fraction of sp³-hybridized carbons (Fsp3) is 0.250. The normalized spacial score (nSPS) is 12.3. The van der Waals surface area contributed by atoms with E-state index >= 15 is 0 Å². The van der Waals surface area contributed by atoms with Crippen LogP contribution < -0.4 is 10.6 Å². The average molecular weight is 302 g/mol. The Morgan fingerprint density at radius 3 is 2.38 bits per heavy atom. The molecule has 0 aliphatic rings. The molecule has 0 atom stereocenters. The van der Waals surface area contributed by atoms with Gasteiger partial charge in [-0.3, -0.25) is 4.99 Å². The van der Waals surface area contributed by atoms with Gasteiger partial charge in [0, 0.05) is 19.8 Å². The van der Waals surface area contributed by atoms with E-state index in [0.29, 0.717) is 11.5 Å². The molecule has 0 heterocycles. The van der Waals surface area contributed by atoms with E-state index < -0.39 is 12.1 Å². The van der Waals surface area contributed by atoms with Crippen molar-refractivity contribution in [1.82, 2.24) is 5.32 Å². The van der Waals surface area contributed by atoms with Gasteiger partial charge in [0.25, 0.3) is 0 Å². The van der Waals surface area contributed by atoms with Crippen molar-refractivity contribution >= 4 is 23.8 Å². The van der Waals surface area contributed by atoms with Gasteiger partial charge in [0.2, 0.25) is 0 Å². The molecule has 0 saturated heterocycles. The number of anilines is 1. The van der Waals surface area contributed by atoms with E-state index in [2.05, 4.69) is 25.6 Å². The number of nitrogens with zero attached hydrogens (tertiary/aromatic N) is 2. The summed E-state index contributed by atoms with van der Waals surface area (Å²) < 4.78 is 35.5. The third kappa shape index (κ3) is 5.51. The highest BCUT2D eigenvalue weighted by Crippen LogP contribution is 2.16. The zero-order chi connectivity index (χ0) is 15.9. The highest BCUT2D eigenvalue weighted by Gasteiger charge is 2.41. The fourth-order valence-electron chi connectivity index (χ4n) is 1.21. The third-order valence-corrected chi connectivity index (χ3v) is 2.20. The number of rotatable bonds is 3. The standard InChI is InChI=1S/C12H13F3N4O2/c1-16-11(17-2)19-9-5-3-8(4-6-9)7-18-21-10(20)12(13,14)15/h3-7H,1-2H3,(H2,16,17,19). The molecule has 9 heteroatoms. The predicted molar refractivity (Wildman–Crippen MR) is 72.2 cm³/mol. The zero-order valence-corrected chi connectivity index (χ0v) is 11.2. The fourth-order valence-corrected chi connectivity index (χ4v) is 1.21. The van der Waals surface area contributed by atoms with Gasteiger partial charge >= 0.3 is 12.1 Å². The summed E-state index contributed by atoms with van der Waals surface area (Å²) >= 11 is 0. The van der Waals surface area contributed by atoms with E-state index in [0.717, 1.165) is 11.9 Å². The molecule has 0 aromatic heterocycles. The van der Waals surface area contributed by atoms with Crippen LogP contribution in [0.15, 0.2) is 34.4 Å². The summed E-state index contributed by atoms with van der Waals surface area (Å²) in [6.45, 7) is 0. The molecule has 1 rings (SSSR count). The second-order valence-corrected chi connectivity index (χ2v) is 3.68. The predicted octanol–water partition coefficient (Wildman–Crippen LogP) is 1.74. The number of benzene rings is 1. The second kappa shape index (κ2) is 7.27. The smallest absolute Gasteiger partial charge is 0.359 e. The van der Waals surface area contributed by atoms with Crippen LogP contribution >= 0.6 is 0 Å². The van der Waals surface area contributed by atoms with Crippen LogP contribution in [0, 0.1) is 0 Å². The Hall–Kier alpha value is -2.58. The molecule has 2 N–H and O–H groups in total. The third-order valence-electron chi connectivity index (χ3n) is 2.20. The molecule has 1 aromatic carbocycles. The maximum absolute atomic E-state index is 11.8. The summed E-state index contributed by atoms with van der Waals surface area (Å²) in [5.41, 5.74) is 1.18. The van der Waals surface area contributed by atoms with Crippen molar-refractivity contribution < 1.29 is 22.8 Å². The highest BCUT2D eigenvalue weighted by molar-refractivity contribution is 5.93. The molecule has 0 aliphatic carbocycles. The quantitative estimate of drug-likeness (QED) is 0.386. The minimum Gasteiger partial charge on any atom is -0.359 e. The van der Waals surface area contributed by atoms with Gasteiger partial charge in [-0.15, -0.1) is 0 Å². The number of halogens is 3. The molecular weight excluding hydrogens is 289 g/mol. The first-order valence-electron chi connectivity index (χ1n) is 5.70. The highest BCUT2D eigenvalue weighted by atomic mass is 19.4. The second-order valence-electron chi connectivity index (χ2n) is 3.68. The summed E-state index contributed by atoms with van der Waals surface area (Å²) in [6, 6.07) is 6.48. The summed E-state index contributed by atoms with van der Waals surface area (Å²) in [4.78, 5) is 18.0. The van der Waals surface area contributed by atoms with Crippen molar-refractivity contribution in [3.05, 3.63) is 29.8 Å². The first kappa shape index (κ1) is 16.5. The number of guanidine groups is 1. The maximum atomic E-state index is 11.8. The minimum atomic E-state index is -5.06. The van der Waals surface area contributed by atoms with Gasteiger partial charge < -0.3 is 15.5 Å². The molecule has 0 radical (unpaired) electrons. The van der Waals surface area contributed by atoms with Gasteiger partial charge in [0.15, 0.2) is 5.96 Å². The van der Waals surface area contributed by atoms with Crippen LogP contribution in [0.2, 0.25) is 0 Å². The maximum Gasteiger partial charge on any atom is 0.493 e. The topological polar surface area (TPSA) is 75.1 Å². The molecule has 0 spiro atoms. The number of aliphatic imine (C=N–C) groups is 1. The van der Waals surface area contributed by atoms with E-state index in [1.165, 1.54) is 0 Å². The summed E-state index contributed by atoms with van der Waals surface area (Å²) in [6.07, 6.45) is -4.06. The average Bonchev–Trinajstić information content (AvgIpc) is 2.45. The minimum absolute atomic E-state index is 0.468. The molecule has 1 aromatic rings. The van der Waals surface area contributed by atoms with E-state index in [-0.39, 0.29) is 0 Å². The first-order chi connectivity index (χ1) is 9.86. The molecule has 0 amide bonds. The number of alkyl halides is 3. The van der Waals surface area contributed by atoms with Gasteiger partial charge in [-0.2, -0.15) is 13.2 Å². The van der Waals surface area contributed by atoms with E-state index in [1.54, 1.807) is 38.4 Å². The number of hydrogen-bond acceptors (Lipinski definition) is 4. The Labute approximate surface area is 118 Å². The summed E-state index contributed by atoms with van der Waals surface area (Å²) in [5.74, 6) is -1.81. The first-order valence-corrected chi connectivity index (χ1v) is 5.70. The van der Waals surface area contributed by atoms with Crippen molar-refractivity contribution in [2.75, 3.05) is 19.4 Å². The molecule has 0 aliphatic heterocycles. The zero-order valence-electron chi connectivity index (χ0n) is 11.2. The van der Waals surface area contributed by atoms with Gasteiger partial charge in [-0.1, -0.05) is 17.3 Å². The molecule has 0 fully saturated rings. The van der Waals surface area contributed by atoms with Gasteiger partial charge in [0.05, 0.1) is 6.21 Å². The lowest BCUT2D eigenvalue weighted by molar-refractivity contribution is -0.199. The number of oxime groups is 1. The largest absolute Gasteiger partial charge is 0.493 e. The molecule has 6 nitrogen and oxygen atoms in total. The number of hydrogen-bond donors (Lipinski definition) is 2. The molecule has 0 bridgehead atoms. The van der Waals surface area contributed by atoms with Crippen molar-refractivity contribution in [1.29, 1.82) is 0 Å². The lowest BCUT2D eigenvalue weighted by Gasteiger charge is -2.08. The van der Waals surface area contributed by atoms with Gasteiger partial charge in [-0.25, -0.2) is 4.79 Å². The van der Waals surface area contributed by atoms with Crippen LogP contribution in [0.5, 0.6) is 0 Å². The number of carbonyl (C=O) groups excluding carboxylic acids is 1. The molecule has 114 valence electrons. The molecule has 21 heavy (non-hydrogen) atoms. The Bertz CT molecular complexity index is 538. The van der Waals surface area contributed by atoms with Crippen LogP contribution in [0.25, 0.3) is 0 Å². The van der Waals surface area contributed by atoms with E-state index in [4.69, 9.17) is 0 Å². The van der Waals surface area contributed by atoms with Crippen LogP contribution in [0.4, 0.5) is 18.9 Å². The Kier molecular flexibility index (Phi) is 5.70. The SMILES string of the molecule is CN=C(NC)Nc1ccc(C=NOC(=O)C(F)(F)F)cc1. The molecule has 0 saturated carbocycles. The van der Waals surface area contributed by atoms with Crippen molar-refractivity contribution in [2.24, 2.45) is 10.1 Å². The van der Waals surface area contributed by atoms with E-state index in [1.807, 2.05) is 0 Å². The lowest BCUT2D eigenvalue weighted by atomic mass is 10.2. The Balaban J connectivity index is 2.61. The summed E-state index contributed by atoms with van der Waals surface area (Å²) in [7, 11) is 3.31. The Morgan fingerprint density at radius 1 is 1.29 bits per heavy atom. The lowest BCUT2D eigenvalue weighted by Crippen LogP contribution is -2.26. The van der Waals surface area contributed by atoms with Crippen LogP contribution in [0.1, 0.15) is 5.56 Å². The van der Waals surface area contributed by atoms with E-state index in [9.17, 15) is 18.0 Å². The van der Waals surface area contributed by atoms with Crippen LogP contribution in [-0.4, -0.2) is 38.4 Å². The molecule has 0 unspecified atom stereocenters. The van der Waals surface area contributed by atoms with Gasteiger partial charge in [-0.05, 0) is 17.7 Å². The van der Waals surface area contributed by atoms with Crippen molar-refractivity contribution in [2.45, 2.75) is 6.18 Å². The Morgan fingerprint density at radius 2 is 1.90 bits per heavy atom. The number of carbonyl (C=O) groups is 1. The number of nitrogens with one attached hydrogen (secondary N) is 2. The van der Waals surface area contributed by atoms with Gasteiger partial charge in [0.1, 0.15) is 0 Å². The van der Waals surface area contributed by atoms with Crippen molar-refractivity contribution in [3.8, 4) is 0 Å². The van der Waals surface area contributed by atoms with Crippen LogP contribution in [-0.2, 0) is 9.63 Å². The van der Waals surface area contributed by atoms with Crippen LogP contribution in [0.3, 0.4) is 0 Å². The summed E-state index contributed by atoms with van der Waals surface area (Å²) in [5, 5.41) is 8.76. The molecular formula is C12H13F3N4O2. The van der Waals surface area contributed by atoms with Crippen molar-refractivity contribution in [3.63, 3.8) is 0 Å².